The lowest BCUT2D eigenvalue weighted by Gasteiger charge is -2.05. The summed E-state index contributed by atoms with van der Waals surface area (Å²) in [5.74, 6) is 1.29. The van der Waals surface area contributed by atoms with Crippen LogP contribution in [0.2, 0.25) is 0 Å². The van der Waals surface area contributed by atoms with Gasteiger partial charge in [-0.2, -0.15) is 0 Å². The summed E-state index contributed by atoms with van der Waals surface area (Å²) in [5.41, 5.74) is 0.730. The summed E-state index contributed by atoms with van der Waals surface area (Å²) < 4.78 is 1.96. The van der Waals surface area contributed by atoms with Gasteiger partial charge in [0.05, 0.1) is 0 Å². The number of rotatable bonds is 3. The summed E-state index contributed by atoms with van der Waals surface area (Å²) >= 11 is 0. The van der Waals surface area contributed by atoms with Gasteiger partial charge in [0.15, 0.2) is 5.82 Å². The van der Waals surface area contributed by atoms with Gasteiger partial charge in [-0.1, -0.05) is 27.7 Å². The standard InChI is InChI=1S/C11H19N3O/c1-10(2)8(11(10,3)4)5-14-7-12-13-9(14)6-15/h7-8,15H,5-6H2,1-4H3. The van der Waals surface area contributed by atoms with Gasteiger partial charge in [-0.3, -0.25) is 0 Å². The fraction of sp³-hybridized carbons (Fsp3) is 0.818. The lowest BCUT2D eigenvalue weighted by atomic mass is 10.0. The summed E-state index contributed by atoms with van der Waals surface area (Å²) in [6.07, 6.45) is 1.70. The molecule has 1 aromatic heterocycles. The van der Waals surface area contributed by atoms with Gasteiger partial charge in [0.1, 0.15) is 12.9 Å². The predicted molar refractivity (Wildman–Crippen MR) is 57.0 cm³/mol. The van der Waals surface area contributed by atoms with Gasteiger partial charge in [-0.05, 0) is 16.7 Å². The summed E-state index contributed by atoms with van der Waals surface area (Å²) in [6.45, 7) is 10.0. The number of aromatic nitrogens is 3. The van der Waals surface area contributed by atoms with Gasteiger partial charge in [-0.25, -0.2) is 0 Å². The van der Waals surface area contributed by atoms with E-state index in [1.54, 1.807) is 6.33 Å². The van der Waals surface area contributed by atoms with Crippen LogP contribution in [0.1, 0.15) is 33.5 Å². The van der Waals surface area contributed by atoms with E-state index in [9.17, 15) is 0 Å². The largest absolute Gasteiger partial charge is 0.388 e. The summed E-state index contributed by atoms with van der Waals surface area (Å²) in [6, 6.07) is 0. The van der Waals surface area contributed by atoms with Gasteiger partial charge < -0.3 is 9.67 Å². The van der Waals surface area contributed by atoms with Crippen LogP contribution < -0.4 is 0 Å². The molecule has 0 amide bonds. The number of hydrogen-bond donors (Lipinski definition) is 1. The Labute approximate surface area is 90.3 Å². The fourth-order valence-electron chi connectivity index (χ4n) is 2.54. The molecule has 0 radical (unpaired) electrons. The Balaban J connectivity index is 2.12. The van der Waals surface area contributed by atoms with Crippen molar-refractivity contribution in [3.63, 3.8) is 0 Å². The molecule has 2 rings (SSSR count). The molecular formula is C11H19N3O. The summed E-state index contributed by atoms with van der Waals surface area (Å²) in [5, 5.41) is 16.8. The molecule has 1 fully saturated rings. The van der Waals surface area contributed by atoms with E-state index in [0.29, 0.717) is 22.6 Å². The Morgan fingerprint density at radius 1 is 1.33 bits per heavy atom. The minimum Gasteiger partial charge on any atom is -0.388 e. The van der Waals surface area contributed by atoms with Crippen molar-refractivity contribution in [2.75, 3.05) is 0 Å². The third-order valence-corrected chi connectivity index (χ3v) is 4.54. The van der Waals surface area contributed by atoms with E-state index >= 15 is 0 Å². The average molecular weight is 209 g/mol. The van der Waals surface area contributed by atoms with Crippen LogP contribution in [0.25, 0.3) is 0 Å². The maximum atomic E-state index is 9.08. The molecule has 0 bridgehead atoms. The van der Waals surface area contributed by atoms with E-state index in [1.807, 2.05) is 4.57 Å². The monoisotopic (exact) mass is 209 g/mol. The van der Waals surface area contributed by atoms with Gasteiger partial charge in [-0.15, -0.1) is 10.2 Å². The zero-order valence-corrected chi connectivity index (χ0v) is 9.86. The van der Waals surface area contributed by atoms with Crippen LogP contribution in [0.5, 0.6) is 0 Å². The topological polar surface area (TPSA) is 50.9 Å². The SMILES string of the molecule is CC1(C)C(Cn2cnnc2CO)C1(C)C. The van der Waals surface area contributed by atoms with Crippen molar-refractivity contribution >= 4 is 0 Å². The van der Waals surface area contributed by atoms with Crippen molar-refractivity contribution in [1.29, 1.82) is 0 Å². The Morgan fingerprint density at radius 2 is 1.93 bits per heavy atom. The van der Waals surface area contributed by atoms with Crippen LogP contribution in [-0.2, 0) is 13.2 Å². The van der Waals surface area contributed by atoms with E-state index in [2.05, 4.69) is 37.9 Å². The number of aliphatic hydroxyl groups excluding tert-OH is 1. The zero-order valence-electron chi connectivity index (χ0n) is 9.86. The summed E-state index contributed by atoms with van der Waals surface area (Å²) in [7, 11) is 0. The van der Waals surface area contributed by atoms with Crippen LogP contribution in [0.4, 0.5) is 0 Å². The zero-order chi connectivity index (χ0) is 11.3. The van der Waals surface area contributed by atoms with Crippen molar-refractivity contribution in [2.24, 2.45) is 16.7 Å². The van der Waals surface area contributed by atoms with Crippen LogP contribution in [0.3, 0.4) is 0 Å². The summed E-state index contributed by atoms with van der Waals surface area (Å²) in [4.78, 5) is 0. The van der Waals surface area contributed by atoms with Gasteiger partial charge >= 0.3 is 0 Å². The Hall–Kier alpha value is -0.900. The lowest BCUT2D eigenvalue weighted by Crippen LogP contribution is -2.07. The molecule has 1 aliphatic rings. The predicted octanol–water partition coefficient (Wildman–Crippen LogP) is 1.45. The van der Waals surface area contributed by atoms with Crippen LogP contribution >= 0.6 is 0 Å². The second-order valence-electron chi connectivity index (χ2n) is 5.55. The number of nitrogens with zero attached hydrogens (tertiary/aromatic N) is 3. The van der Waals surface area contributed by atoms with Crippen LogP contribution in [0, 0.1) is 16.7 Å². The minimum atomic E-state index is -0.0341. The second-order valence-corrected chi connectivity index (χ2v) is 5.55. The van der Waals surface area contributed by atoms with E-state index in [1.165, 1.54) is 0 Å². The third-order valence-electron chi connectivity index (χ3n) is 4.54. The molecule has 84 valence electrons. The quantitative estimate of drug-likeness (QED) is 0.819. The highest BCUT2D eigenvalue weighted by molar-refractivity contribution is 5.12. The highest BCUT2D eigenvalue weighted by Crippen LogP contribution is 2.68. The average Bonchev–Trinajstić information content (AvgIpc) is 2.59. The second kappa shape index (κ2) is 3.04. The van der Waals surface area contributed by atoms with Gasteiger partial charge in [0, 0.05) is 6.54 Å². The minimum absolute atomic E-state index is 0.0341. The molecule has 0 aliphatic heterocycles. The molecule has 15 heavy (non-hydrogen) atoms. The first kappa shape index (κ1) is 10.6. The molecule has 1 aliphatic carbocycles. The normalized spacial score (nSPS) is 23.0. The van der Waals surface area contributed by atoms with Gasteiger partial charge in [0.25, 0.3) is 0 Å². The first-order chi connectivity index (χ1) is 6.91. The Kier molecular flexibility index (Phi) is 2.15. The maximum absolute atomic E-state index is 9.08. The molecule has 1 N–H and O–H groups in total. The Bertz CT molecular complexity index is 354. The molecule has 0 saturated heterocycles. The van der Waals surface area contributed by atoms with Crippen molar-refractivity contribution in [3.05, 3.63) is 12.2 Å². The van der Waals surface area contributed by atoms with E-state index < -0.39 is 0 Å². The number of hydrogen-bond acceptors (Lipinski definition) is 3. The van der Waals surface area contributed by atoms with E-state index in [4.69, 9.17) is 5.11 Å². The van der Waals surface area contributed by atoms with Gasteiger partial charge in [0.2, 0.25) is 0 Å². The molecule has 4 nitrogen and oxygen atoms in total. The highest BCUT2D eigenvalue weighted by Gasteiger charge is 2.64. The first-order valence-electron chi connectivity index (χ1n) is 5.39. The first-order valence-corrected chi connectivity index (χ1v) is 5.39. The van der Waals surface area contributed by atoms with Crippen LogP contribution in [-0.4, -0.2) is 19.9 Å². The Morgan fingerprint density at radius 3 is 2.40 bits per heavy atom. The van der Waals surface area contributed by atoms with Crippen molar-refractivity contribution in [1.82, 2.24) is 14.8 Å². The molecular weight excluding hydrogens is 190 g/mol. The molecule has 0 aromatic carbocycles. The van der Waals surface area contributed by atoms with E-state index in [-0.39, 0.29) is 6.61 Å². The van der Waals surface area contributed by atoms with Crippen LogP contribution in [0.15, 0.2) is 6.33 Å². The molecule has 4 heteroatoms. The molecule has 1 aromatic rings. The molecule has 0 unspecified atom stereocenters. The van der Waals surface area contributed by atoms with Crippen molar-refractivity contribution in [3.8, 4) is 0 Å². The lowest BCUT2D eigenvalue weighted by molar-refractivity contribution is 0.262. The molecule has 1 heterocycles. The maximum Gasteiger partial charge on any atom is 0.158 e. The smallest absolute Gasteiger partial charge is 0.158 e. The molecule has 0 atom stereocenters. The van der Waals surface area contributed by atoms with E-state index in [0.717, 1.165) is 6.54 Å². The highest BCUT2D eigenvalue weighted by atomic mass is 16.3. The molecule has 0 spiro atoms. The van der Waals surface area contributed by atoms with Crippen molar-refractivity contribution < 1.29 is 5.11 Å². The van der Waals surface area contributed by atoms with Crippen molar-refractivity contribution in [2.45, 2.75) is 40.8 Å². The molecule has 1 saturated carbocycles. The fourth-order valence-corrected chi connectivity index (χ4v) is 2.54. The number of aliphatic hydroxyl groups is 1. The third kappa shape index (κ3) is 1.39.